The zero-order valence-electron chi connectivity index (χ0n) is 19.8. The van der Waals surface area contributed by atoms with E-state index in [2.05, 4.69) is 38.2 Å². The van der Waals surface area contributed by atoms with E-state index in [4.69, 9.17) is 13.9 Å². The lowest BCUT2D eigenvalue weighted by Gasteiger charge is -2.24. The summed E-state index contributed by atoms with van der Waals surface area (Å²) in [5.74, 6) is 0.468. The fourth-order valence-corrected chi connectivity index (χ4v) is 3.57. The number of carbonyl (C=O) groups is 2. The van der Waals surface area contributed by atoms with Crippen molar-refractivity contribution in [3.63, 3.8) is 0 Å². The molecule has 0 unspecified atom stereocenters. The highest BCUT2D eigenvalue weighted by molar-refractivity contribution is 5.94. The first-order valence-corrected chi connectivity index (χ1v) is 11.0. The number of benzene rings is 2. The molecular weight excluding hydrogens is 418 g/mol. The molecule has 0 aliphatic rings. The maximum absolute atomic E-state index is 12.8. The average molecular weight is 450 g/mol. The van der Waals surface area contributed by atoms with E-state index in [1.807, 2.05) is 12.1 Å². The van der Waals surface area contributed by atoms with Gasteiger partial charge in [-0.25, -0.2) is 4.79 Å². The summed E-state index contributed by atoms with van der Waals surface area (Å²) in [5, 5.41) is 2.70. The second kappa shape index (κ2) is 10.4. The average Bonchev–Trinajstić information content (AvgIpc) is 3.31. The van der Waals surface area contributed by atoms with Gasteiger partial charge in [0.2, 0.25) is 0 Å². The summed E-state index contributed by atoms with van der Waals surface area (Å²) in [7, 11) is 2.93. The Morgan fingerprint density at radius 3 is 2.39 bits per heavy atom. The van der Waals surface area contributed by atoms with Gasteiger partial charge in [-0.1, -0.05) is 63.2 Å². The lowest BCUT2D eigenvalue weighted by atomic mass is 9.81. The van der Waals surface area contributed by atoms with Crippen molar-refractivity contribution in [1.82, 2.24) is 5.32 Å². The molecule has 3 rings (SSSR count). The maximum Gasteiger partial charge on any atom is 0.333 e. The largest absolute Gasteiger partial charge is 0.496 e. The molecule has 0 radical (unpaired) electrons. The van der Waals surface area contributed by atoms with E-state index in [9.17, 15) is 9.59 Å². The number of nitrogens with one attached hydrogen (secondary N) is 1. The highest BCUT2D eigenvalue weighted by atomic mass is 16.5. The minimum Gasteiger partial charge on any atom is -0.496 e. The Bertz CT molecular complexity index is 1100. The van der Waals surface area contributed by atoms with Crippen LogP contribution in [-0.2, 0) is 21.4 Å². The van der Waals surface area contributed by atoms with Crippen molar-refractivity contribution in [2.24, 2.45) is 0 Å². The Labute approximate surface area is 194 Å². The number of furan rings is 1. The second-order valence-corrected chi connectivity index (χ2v) is 8.55. The van der Waals surface area contributed by atoms with Gasteiger partial charge in [0.1, 0.15) is 11.5 Å². The molecule has 174 valence electrons. The zero-order valence-corrected chi connectivity index (χ0v) is 19.8. The van der Waals surface area contributed by atoms with Gasteiger partial charge in [-0.05, 0) is 41.2 Å². The van der Waals surface area contributed by atoms with E-state index in [0.29, 0.717) is 17.7 Å². The highest BCUT2D eigenvalue weighted by Gasteiger charge is 2.25. The van der Waals surface area contributed by atoms with Crippen molar-refractivity contribution in [1.29, 1.82) is 0 Å². The predicted molar refractivity (Wildman–Crippen MR) is 126 cm³/mol. The van der Waals surface area contributed by atoms with Gasteiger partial charge >= 0.3 is 5.97 Å². The summed E-state index contributed by atoms with van der Waals surface area (Å²) >= 11 is 0. The van der Waals surface area contributed by atoms with Crippen LogP contribution in [0.5, 0.6) is 5.75 Å². The van der Waals surface area contributed by atoms with E-state index in [1.54, 1.807) is 43.5 Å². The minimum absolute atomic E-state index is 0.0373. The van der Waals surface area contributed by atoms with Crippen LogP contribution in [0.25, 0.3) is 0 Å². The van der Waals surface area contributed by atoms with Gasteiger partial charge in [0, 0.05) is 12.0 Å². The quantitative estimate of drug-likeness (QED) is 0.454. The first kappa shape index (κ1) is 24.1. The molecule has 0 fully saturated rings. The van der Waals surface area contributed by atoms with Crippen molar-refractivity contribution in [3.8, 4) is 5.75 Å². The molecule has 1 atom stereocenters. The van der Waals surface area contributed by atoms with E-state index in [-0.39, 0.29) is 11.2 Å². The number of rotatable bonds is 9. The number of amides is 1. The van der Waals surface area contributed by atoms with E-state index in [1.165, 1.54) is 12.7 Å². The summed E-state index contributed by atoms with van der Waals surface area (Å²) in [4.78, 5) is 25.1. The van der Waals surface area contributed by atoms with Crippen LogP contribution < -0.4 is 10.1 Å². The Kier molecular flexibility index (Phi) is 7.59. The zero-order chi connectivity index (χ0) is 24.0. The summed E-state index contributed by atoms with van der Waals surface area (Å²) in [5.41, 5.74) is 2.86. The van der Waals surface area contributed by atoms with Crippen LogP contribution in [0, 0.1) is 0 Å². The molecule has 6 heteroatoms. The van der Waals surface area contributed by atoms with Crippen LogP contribution in [0.4, 0.5) is 0 Å². The minimum atomic E-state index is -0.926. The molecular formula is C27H31NO5. The third kappa shape index (κ3) is 5.64. The third-order valence-electron chi connectivity index (χ3n) is 6.04. The van der Waals surface area contributed by atoms with E-state index in [0.717, 1.165) is 17.7 Å². The van der Waals surface area contributed by atoms with Crippen LogP contribution in [-0.4, -0.2) is 26.1 Å². The molecule has 0 bridgehead atoms. The Balaban J connectivity index is 1.80. The number of ether oxygens (including phenoxy) is 2. The van der Waals surface area contributed by atoms with E-state index < -0.39 is 17.9 Å². The number of esters is 1. The Morgan fingerprint density at radius 1 is 1.03 bits per heavy atom. The smallest absolute Gasteiger partial charge is 0.333 e. The highest BCUT2D eigenvalue weighted by Crippen LogP contribution is 2.32. The molecule has 0 saturated heterocycles. The van der Waals surface area contributed by atoms with Crippen molar-refractivity contribution in [2.45, 2.75) is 45.1 Å². The second-order valence-electron chi connectivity index (χ2n) is 8.55. The predicted octanol–water partition coefficient (Wildman–Crippen LogP) is 5.21. The molecule has 2 aromatic carbocycles. The SMILES string of the molecule is CCC(C)(C)c1ccc(OC)c(Cc2ccc(C(=O)N[C@H](C(=O)OC)c3ccccc3)o2)c1. The number of hydrogen-bond acceptors (Lipinski definition) is 5. The first-order chi connectivity index (χ1) is 15.8. The van der Waals surface area contributed by atoms with Gasteiger partial charge in [-0.15, -0.1) is 0 Å². The lowest BCUT2D eigenvalue weighted by molar-refractivity contribution is -0.143. The number of hydrogen-bond donors (Lipinski definition) is 1. The Morgan fingerprint density at radius 2 is 1.76 bits per heavy atom. The van der Waals surface area contributed by atoms with Crippen molar-refractivity contribution in [3.05, 3.63) is 88.9 Å². The van der Waals surface area contributed by atoms with Gasteiger partial charge < -0.3 is 19.2 Å². The molecule has 1 heterocycles. The van der Waals surface area contributed by atoms with Crippen molar-refractivity contribution >= 4 is 11.9 Å². The fourth-order valence-electron chi connectivity index (χ4n) is 3.57. The molecule has 1 aromatic heterocycles. The summed E-state index contributed by atoms with van der Waals surface area (Å²) in [6, 6.07) is 17.6. The van der Waals surface area contributed by atoms with E-state index >= 15 is 0 Å². The third-order valence-corrected chi connectivity index (χ3v) is 6.04. The van der Waals surface area contributed by atoms with Crippen LogP contribution in [0.3, 0.4) is 0 Å². The molecule has 0 spiro atoms. The van der Waals surface area contributed by atoms with Gasteiger partial charge in [-0.2, -0.15) is 0 Å². The van der Waals surface area contributed by atoms with Crippen molar-refractivity contribution in [2.75, 3.05) is 14.2 Å². The molecule has 0 saturated carbocycles. The van der Waals surface area contributed by atoms with Gasteiger partial charge in [0.25, 0.3) is 5.91 Å². The molecule has 6 nitrogen and oxygen atoms in total. The van der Waals surface area contributed by atoms with Crippen LogP contribution in [0.2, 0.25) is 0 Å². The topological polar surface area (TPSA) is 77.8 Å². The molecule has 1 amide bonds. The number of methoxy groups -OCH3 is 2. The van der Waals surface area contributed by atoms with Gasteiger partial charge in [0.15, 0.2) is 11.8 Å². The Hall–Kier alpha value is -3.54. The summed E-state index contributed by atoms with van der Waals surface area (Å²) < 4.78 is 16.2. The van der Waals surface area contributed by atoms with Crippen LogP contribution >= 0.6 is 0 Å². The van der Waals surface area contributed by atoms with Crippen LogP contribution in [0.1, 0.15) is 66.2 Å². The molecule has 1 N–H and O–H groups in total. The summed E-state index contributed by atoms with van der Waals surface area (Å²) in [6.07, 6.45) is 1.48. The fraction of sp³-hybridized carbons (Fsp3) is 0.333. The molecule has 33 heavy (non-hydrogen) atoms. The van der Waals surface area contributed by atoms with Gasteiger partial charge in [-0.3, -0.25) is 4.79 Å². The standard InChI is InChI=1S/C27H31NO5/c1-6-27(2,3)20-12-14-22(31-4)19(16-20)17-21-13-15-23(33-21)25(29)28-24(26(30)32-5)18-10-8-7-9-11-18/h7-16,24H,6,17H2,1-5H3,(H,28,29)/t24-/m0/s1. The molecule has 0 aliphatic heterocycles. The number of carbonyl (C=O) groups excluding carboxylic acids is 2. The van der Waals surface area contributed by atoms with Gasteiger partial charge in [0.05, 0.1) is 14.2 Å². The normalized spacial score (nSPS) is 12.2. The molecule has 3 aromatic rings. The van der Waals surface area contributed by atoms with Crippen LogP contribution in [0.15, 0.2) is 65.1 Å². The maximum atomic E-state index is 12.8. The monoisotopic (exact) mass is 449 g/mol. The molecule has 0 aliphatic carbocycles. The lowest BCUT2D eigenvalue weighted by Crippen LogP contribution is -2.34. The van der Waals surface area contributed by atoms with Crippen molar-refractivity contribution < 1.29 is 23.5 Å². The summed E-state index contributed by atoms with van der Waals surface area (Å²) in [6.45, 7) is 6.58. The first-order valence-electron chi connectivity index (χ1n) is 11.0.